The van der Waals surface area contributed by atoms with Gasteiger partial charge < -0.3 is 15.2 Å². The van der Waals surface area contributed by atoms with Crippen LogP contribution in [-0.4, -0.2) is 18.2 Å². The van der Waals surface area contributed by atoms with Gasteiger partial charge in [0.1, 0.15) is 12.2 Å². The van der Waals surface area contributed by atoms with E-state index in [-0.39, 0.29) is 18.2 Å². The van der Waals surface area contributed by atoms with E-state index in [1.54, 1.807) is 12.5 Å². The summed E-state index contributed by atoms with van der Waals surface area (Å²) in [5.74, 6) is 0. The van der Waals surface area contributed by atoms with Gasteiger partial charge >= 0.3 is 0 Å². The molecule has 2 N–H and O–H groups in total. The Kier molecular flexibility index (Phi) is 8.72. The predicted octanol–water partition coefficient (Wildman–Crippen LogP) is 2.97. The first kappa shape index (κ1) is 15.0. The summed E-state index contributed by atoms with van der Waals surface area (Å²) in [5, 5.41) is 0. The van der Waals surface area contributed by atoms with Crippen molar-refractivity contribution in [3.63, 3.8) is 0 Å². The third-order valence-electron chi connectivity index (χ3n) is 2.33. The first-order valence-corrected chi connectivity index (χ1v) is 5.99. The van der Waals surface area contributed by atoms with Gasteiger partial charge in [0.2, 0.25) is 0 Å². The molecular formula is C13H25NO2. The summed E-state index contributed by atoms with van der Waals surface area (Å²) >= 11 is 0. The number of rotatable bonds is 8. The van der Waals surface area contributed by atoms with Crippen molar-refractivity contribution in [1.29, 1.82) is 0 Å². The van der Waals surface area contributed by atoms with E-state index in [4.69, 9.17) is 15.2 Å². The maximum absolute atomic E-state index is 6.01. The van der Waals surface area contributed by atoms with Gasteiger partial charge in [0.15, 0.2) is 0 Å². The fourth-order valence-corrected chi connectivity index (χ4v) is 1.11. The predicted molar refractivity (Wildman–Crippen MR) is 67.9 cm³/mol. The lowest BCUT2D eigenvalue weighted by atomic mass is 10.1. The average Bonchev–Trinajstić information content (AvgIpc) is 2.28. The molecule has 0 aliphatic rings. The molecule has 0 saturated heterocycles. The number of ether oxygens (including phenoxy) is 2. The minimum Gasteiger partial charge on any atom is -0.497 e. The summed E-state index contributed by atoms with van der Waals surface area (Å²) in [6, 6.07) is -0.136. The molecule has 0 saturated carbocycles. The van der Waals surface area contributed by atoms with Crippen molar-refractivity contribution in [2.45, 2.75) is 58.8 Å². The first-order chi connectivity index (χ1) is 7.63. The van der Waals surface area contributed by atoms with Crippen molar-refractivity contribution >= 4 is 0 Å². The van der Waals surface area contributed by atoms with Crippen molar-refractivity contribution in [3.05, 3.63) is 24.7 Å². The fraction of sp³-hybridized carbons (Fsp3) is 0.692. The monoisotopic (exact) mass is 227 g/mol. The van der Waals surface area contributed by atoms with E-state index in [2.05, 4.69) is 13.8 Å². The van der Waals surface area contributed by atoms with Crippen LogP contribution in [0.25, 0.3) is 0 Å². The lowest BCUT2D eigenvalue weighted by Gasteiger charge is -2.24. The third kappa shape index (κ3) is 6.51. The van der Waals surface area contributed by atoms with Crippen LogP contribution in [0.2, 0.25) is 0 Å². The quantitative estimate of drug-likeness (QED) is 0.648. The molecule has 3 nitrogen and oxygen atoms in total. The van der Waals surface area contributed by atoms with Crippen molar-refractivity contribution in [2.24, 2.45) is 5.73 Å². The van der Waals surface area contributed by atoms with E-state index in [0.29, 0.717) is 0 Å². The Morgan fingerprint density at radius 2 is 1.31 bits per heavy atom. The van der Waals surface area contributed by atoms with Gasteiger partial charge in [-0.1, -0.05) is 26.0 Å². The highest BCUT2D eigenvalue weighted by Crippen LogP contribution is 2.06. The highest BCUT2D eigenvalue weighted by Gasteiger charge is 2.20. The molecule has 2 atom stereocenters. The second kappa shape index (κ2) is 9.28. The number of allylic oxidation sites excluding steroid dienone is 2. The lowest BCUT2D eigenvalue weighted by molar-refractivity contribution is 0.0535. The molecule has 0 aliphatic carbocycles. The minimum atomic E-state index is -0.136. The smallest absolute Gasteiger partial charge is 0.114 e. The first-order valence-electron chi connectivity index (χ1n) is 5.99. The van der Waals surface area contributed by atoms with Crippen molar-refractivity contribution < 1.29 is 9.47 Å². The standard InChI is InChI=1S/C13H25NO2/c1-5-7-9-15-11(3)13(14)12(4)16-10-8-6-2/h7-13H,5-6,14H2,1-4H3/b9-7+,10-8+. The topological polar surface area (TPSA) is 44.5 Å². The maximum Gasteiger partial charge on any atom is 0.114 e. The SMILES string of the molecule is CC/C=C/OC(C)C(N)C(C)O/C=C/CC. The van der Waals surface area contributed by atoms with Crippen LogP contribution in [0.15, 0.2) is 24.7 Å². The van der Waals surface area contributed by atoms with Gasteiger partial charge in [0.25, 0.3) is 0 Å². The van der Waals surface area contributed by atoms with Crippen LogP contribution < -0.4 is 5.73 Å². The highest BCUT2D eigenvalue weighted by molar-refractivity contribution is 4.82. The van der Waals surface area contributed by atoms with Crippen LogP contribution in [-0.2, 0) is 9.47 Å². The summed E-state index contributed by atoms with van der Waals surface area (Å²) in [5.41, 5.74) is 6.01. The zero-order chi connectivity index (χ0) is 12.4. The fourth-order valence-electron chi connectivity index (χ4n) is 1.11. The van der Waals surface area contributed by atoms with Gasteiger partial charge in [0, 0.05) is 0 Å². The van der Waals surface area contributed by atoms with Crippen LogP contribution in [0.1, 0.15) is 40.5 Å². The van der Waals surface area contributed by atoms with Crippen LogP contribution in [0, 0.1) is 0 Å². The average molecular weight is 227 g/mol. The molecular weight excluding hydrogens is 202 g/mol. The van der Waals surface area contributed by atoms with E-state index in [9.17, 15) is 0 Å². The molecule has 0 spiro atoms. The van der Waals surface area contributed by atoms with Crippen LogP contribution >= 0.6 is 0 Å². The van der Waals surface area contributed by atoms with Crippen LogP contribution in [0.3, 0.4) is 0 Å². The summed E-state index contributed by atoms with van der Waals surface area (Å²) in [7, 11) is 0. The van der Waals surface area contributed by atoms with E-state index in [1.165, 1.54) is 0 Å². The molecule has 16 heavy (non-hydrogen) atoms. The van der Waals surface area contributed by atoms with E-state index in [0.717, 1.165) is 12.8 Å². The lowest BCUT2D eigenvalue weighted by Crippen LogP contribution is -2.43. The number of nitrogens with two attached hydrogens (primary N) is 1. The molecule has 0 amide bonds. The molecule has 0 aliphatic heterocycles. The Bertz CT molecular complexity index is 192. The Morgan fingerprint density at radius 1 is 0.938 bits per heavy atom. The summed E-state index contributed by atoms with van der Waals surface area (Å²) in [4.78, 5) is 0. The molecule has 94 valence electrons. The second-order valence-electron chi connectivity index (χ2n) is 3.82. The van der Waals surface area contributed by atoms with Crippen LogP contribution in [0.4, 0.5) is 0 Å². The number of hydrogen-bond acceptors (Lipinski definition) is 3. The molecule has 0 heterocycles. The van der Waals surface area contributed by atoms with Crippen LogP contribution in [0.5, 0.6) is 0 Å². The Balaban J connectivity index is 3.95. The summed E-state index contributed by atoms with van der Waals surface area (Å²) in [6.45, 7) is 8.03. The molecule has 0 aromatic rings. The molecule has 2 unspecified atom stereocenters. The molecule has 0 aromatic carbocycles. The van der Waals surface area contributed by atoms with Gasteiger partial charge in [-0.25, -0.2) is 0 Å². The third-order valence-corrected chi connectivity index (χ3v) is 2.33. The van der Waals surface area contributed by atoms with Crippen molar-refractivity contribution in [3.8, 4) is 0 Å². The van der Waals surface area contributed by atoms with Crippen molar-refractivity contribution in [2.75, 3.05) is 0 Å². The van der Waals surface area contributed by atoms with Gasteiger partial charge in [-0.2, -0.15) is 0 Å². The highest BCUT2D eigenvalue weighted by atomic mass is 16.5. The van der Waals surface area contributed by atoms with Gasteiger partial charge in [0.05, 0.1) is 18.6 Å². The van der Waals surface area contributed by atoms with Crippen molar-refractivity contribution in [1.82, 2.24) is 0 Å². The van der Waals surface area contributed by atoms with Gasteiger partial charge in [-0.05, 0) is 26.7 Å². The molecule has 0 aromatic heterocycles. The minimum absolute atomic E-state index is 0.0483. The van der Waals surface area contributed by atoms with E-state index in [1.807, 2.05) is 26.0 Å². The molecule has 0 rings (SSSR count). The molecule has 0 fully saturated rings. The summed E-state index contributed by atoms with van der Waals surface area (Å²) < 4.78 is 10.9. The van der Waals surface area contributed by atoms with E-state index < -0.39 is 0 Å². The summed E-state index contributed by atoms with van der Waals surface area (Å²) in [6.07, 6.45) is 9.18. The maximum atomic E-state index is 6.01. The van der Waals surface area contributed by atoms with Gasteiger partial charge in [-0.15, -0.1) is 0 Å². The zero-order valence-corrected chi connectivity index (χ0v) is 10.8. The van der Waals surface area contributed by atoms with Gasteiger partial charge in [-0.3, -0.25) is 0 Å². The Morgan fingerprint density at radius 3 is 1.62 bits per heavy atom. The Labute approximate surface area is 99.3 Å². The largest absolute Gasteiger partial charge is 0.497 e. The normalized spacial score (nSPS) is 17.6. The van der Waals surface area contributed by atoms with E-state index >= 15 is 0 Å². The molecule has 0 radical (unpaired) electrons. The zero-order valence-electron chi connectivity index (χ0n) is 10.8. The number of hydrogen-bond donors (Lipinski definition) is 1. The second-order valence-corrected chi connectivity index (χ2v) is 3.82. The molecule has 3 heteroatoms. The Hall–Kier alpha value is -0.960. The molecule has 0 bridgehead atoms.